The Labute approximate surface area is 302 Å². The third-order valence-electron chi connectivity index (χ3n) is 11.4. The van der Waals surface area contributed by atoms with Crippen molar-refractivity contribution >= 4 is 0 Å². The van der Waals surface area contributed by atoms with E-state index in [0.29, 0.717) is 0 Å². The number of hydrogen-bond acceptors (Lipinski definition) is 0. The van der Waals surface area contributed by atoms with Gasteiger partial charge in [0, 0.05) is 0 Å². The lowest BCUT2D eigenvalue weighted by Crippen LogP contribution is -2.00. The Kier molecular flexibility index (Phi) is 44.0. The highest BCUT2D eigenvalue weighted by atomic mass is 14.1. The van der Waals surface area contributed by atoms with Crippen molar-refractivity contribution in [1.82, 2.24) is 0 Å². The Morgan fingerprint density at radius 2 is 0.340 bits per heavy atom. The largest absolute Gasteiger partial charge is 0.0654 e. The monoisotopic (exact) mass is 661 g/mol. The normalized spacial score (nSPS) is 12.3. The van der Waals surface area contributed by atoms with Gasteiger partial charge in [-0.1, -0.05) is 297 Å². The molecule has 1 atom stereocenters. The topological polar surface area (TPSA) is 0 Å². The van der Waals surface area contributed by atoms with Crippen LogP contribution in [0.3, 0.4) is 0 Å². The summed E-state index contributed by atoms with van der Waals surface area (Å²) in [4.78, 5) is 0. The van der Waals surface area contributed by atoms with E-state index in [9.17, 15) is 0 Å². The first-order chi connectivity index (χ1) is 23.3. The Hall–Kier alpha value is 0. The van der Waals surface area contributed by atoms with Gasteiger partial charge in [-0.3, -0.25) is 0 Å². The van der Waals surface area contributed by atoms with Gasteiger partial charge in [0.1, 0.15) is 0 Å². The van der Waals surface area contributed by atoms with Gasteiger partial charge in [0.25, 0.3) is 0 Å². The number of rotatable bonds is 43. The molecule has 0 amide bonds. The first kappa shape index (κ1) is 47.0. The van der Waals surface area contributed by atoms with Crippen LogP contribution in [0.25, 0.3) is 0 Å². The van der Waals surface area contributed by atoms with Crippen LogP contribution in [0.15, 0.2) is 0 Å². The predicted octanol–water partition coefficient (Wildman–Crippen LogP) is 18.4. The summed E-state index contributed by atoms with van der Waals surface area (Å²) in [6.45, 7) is 7.03. The standard InChI is InChI=1S/C47H96/c1-4-7-9-11-13-15-17-19-21-23-24-25-26-27-29-31-33-35-37-39-41-43-46-47(44-6-3)45-42-40-38-36-34-32-30-28-22-20-18-16-14-12-10-8-5-2/h47H,4-46H2,1-3H3. The predicted molar refractivity (Wildman–Crippen MR) is 219 cm³/mol. The molecule has 0 aliphatic rings. The molecule has 0 aromatic carbocycles. The minimum absolute atomic E-state index is 1.03. The molecule has 0 N–H and O–H groups in total. The Morgan fingerprint density at radius 3 is 0.511 bits per heavy atom. The molecule has 0 fully saturated rings. The summed E-state index contributed by atoms with van der Waals surface area (Å²) in [7, 11) is 0. The van der Waals surface area contributed by atoms with Crippen LogP contribution < -0.4 is 0 Å². The van der Waals surface area contributed by atoms with Gasteiger partial charge in [-0.15, -0.1) is 0 Å². The fourth-order valence-electron chi connectivity index (χ4n) is 8.04. The van der Waals surface area contributed by atoms with E-state index in [2.05, 4.69) is 20.8 Å². The lowest BCUT2D eigenvalue weighted by molar-refractivity contribution is 0.376. The SMILES string of the molecule is CCCCCCCCCCCCCCCCCCCCCCCCC(CCC)CCCCCCCCCCCCCCCCCCC. The van der Waals surface area contributed by atoms with Gasteiger partial charge >= 0.3 is 0 Å². The smallest absolute Gasteiger partial charge is 0.0414 e. The van der Waals surface area contributed by atoms with E-state index in [1.54, 1.807) is 0 Å². The van der Waals surface area contributed by atoms with Crippen LogP contribution in [0.5, 0.6) is 0 Å². The van der Waals surface area contributed by atoms with Crippen molar-refractivity contribution in [3.05, 3.63) is 0 Å². The highest BCUT2D eigenvalue weighted by Gasteiger charge is 2.07. The van der Waals surface area contributed by atoms with Crippen molar-refractivity contribution < 1.29 is 0 Å². The molecule has 1 unspecified atom stereocenters. The Morgan fingerprint density at radius 1 is 0.170 bits per heavy atom. The summed E-state index contributed by atoms with van der Waals surface area (Å²) in [6.07, 6.45) is 63.8. The van der Waals surface area contributed by atoms with Crippen molar-refractivity contribution in [3.8, 4) is 0 Å². The molecular formula is C47H96. The van der Waals surface area contributed by atoms with Gasteiger partial charge < -0.3 is 0 Å². The zero-order chi connectivity index (χ0) is 34.0. The molecule has 284 valence electrons. The van der Waals surface area contributed by atoms with E-state index in [0.717, 1.165) is 5.92 Å². The van der Waals surface area contributed by atoms with E-state index in [4.69, 9.17) is 0 Å². The molecule has 0 heteroatoms. The van der Waals surface area contributed by atoms with Gasteiger partial charge in [0.15, 0.2) is 0 Å². The third-order valence-corrected chi connectivity index (χ3v) is 11.4. The molecule has 0 saturated carbocycles. The molecular weight excluding hydrogens is 565 g/mol. The fraction of sp³-hybridized carbons (Fsp3) is 1.00. The Balaban J connectivity index is 3.32. The maximum absolute atomic E-state index is 2.40. The van der Waals surface area contributed by atoms with Crippen molar-refractivity contribution in [2.45, 2.75) is 297 Å². The molecule has 0 aliphatic carbocycles. The lowest BCUT2D eigenvalue weighted by atomic mass is 9.90. The zero-order valence-electron chi connectivity index (χ0n) is 34.0. The minimum atomic E-state index is 1.03. The second-order valence-corrected chi connectivity index (χ2v) is 16.3. The second kappa shape index (κ2) is 44.0. The fourth-order valence-corrected chi connectivity index (χ4v) is 8.04. The van der Waals surface area contributed by atoms with Crippen LogP contribution in [-0.2, 0) is 0 Å². The number of hydrogen-bond donors (Lipinski definition) is 0. The van der Waals surface area contributed by atoms with E-state index in [1.165, 1.54) is 276 Å². The van der Waals surface area contributed by atoms with E-state index in [-0.39, 0.29) is 0 Å². The summed E-state index contributed by atoms with van der Waals surface area (Å²) >= 11 is 0. The molecule has 0 saturated heterocycles. The first-order valence-electron chi connectivity index (χ1n) is 23.3. The second-order valence-electron chi connectivity index (χ2n) is 16.3. The molecule has 0 aromatic rings. The Bertz CT molecular complexity index is 508. The van der Waals surface area contributed by atoms with E-state index in [1.807, 2.05) is 0 Å². The molecule has 0 heterocycles. The average Bonchev–Trinajstić information content (AvgIpc) is 3.08. The van der Waals surface area contributed by atoms with Gasteiger partial charge in [0.2, 0.25) is 0 Å². The summed E-state index contributed by atoms with van der Waals surface area (Å²) in [5, 5.41) is 0. The molecule has 0 radical (unpaired) electrons. The summed E-state index contributed by atoms with van der Waals surface area (Å²) in [6, 6.07) is 0. The average molecular weight is 661 g/mol. The van der Waals surface area contributed by atoms with Crippen LogP contribution in [0.2, 0.25) is 0 Å². The van der Waals surface area contributed by atoms with Crippen molar-refractivity contribution in [3.63, 3.8) is 0 Å². The molecule has 0 rings (SSSR count). The maximum atomic E-state index is 2.40. The highest BCUT2D eigenvalue weighted by Crippen LogP contribution is 2.24. The van der Waals surface area contributed by atoms with Gasteiger partial charge in [0.05, 0.1) is 0 Å². The highest BCUT2D eigenvalue weighted by molar-refractivity contribution is 4.61. The molecule has 0 aromatic heterocycles. The summed E-state index contributed by atoms with van der Waals surface area (Å²) < 4.78 is 0. The lowest BCUT2D eigenvalue weighted by Gasteiger charge is -2.16. The number of unbranched alkanes of at least 4 members (excludes halogenated alkanes) is 37. The molecule has 0 spiro atoms. The van der Waals surface area contributed by atoms with Crippen LogP contribution in [-0.4, -0.2) is 0 Å². The third kappa shape index (κ3) is 42.1. The summed E-state index contributed by atoms with van der Waals surface area (Å²) in [5.74, 6) is 1.03. The minimum Gasteiger partial charge on any atom is -0.0654 e. The van der Waals surface area contributed by atoms with Crippen molar-refractivity contribution in [2.24, 2.45) is 5.92 Å². The molecule has 0 bridgehead atoms. The summed E-state index contributed by atoms with van der Waals surface area (Å²) in [5.41, 5.74) is 0. The van der Waals surface area contributed by atoms with Gasteiger partial charge in [-0.2, -0.15) is 0 Å². The zero-order valence-corrected chi connectivity index (χ0v) is 34.0. The van der Waals surface area contributed by atoms with Crippen LogP contribution >= 0.6 is 0 Å². The molecule has 0 aliphatic heterocycles. The maximum Gasteiger partial charge on any atom is -0.0414 e. The van der Waals surface area contributed by atoms with E-state index < -0.39 is 0 Å². The van der Waals surface area contributed by atoms with Crippen LogP contribution in [0.1, 0.15) is 297 Å². The first-order valence-corrected chi connectivity index (χ1v) is 23.3. The van der Waals surface area contributed by atoms with Crippen molar-refractivity contribution in [1.29, 1.82) is 0 Å². The quantitative estimate of drug-likeness (QED) is 0.0571. The van der Waals surface area contributed by atoms with Gasteiger partial charge in [-0.05, 0) is 5.92 Å². The van der Waals surface area contributed by atoms with E-state index >= 15 is 0 Å². The van der Waals surface area contributed by atoms with Gasteiger partial charge in [-0.25, -0.2) is 0 Å². The van der Waals surface area contributed by atoms with Crippen molar-refractivity contribution in [2.75, 3.05) is 0 Å². The molecule has 0 nitrogen and oxygen atoms in total. The van der Waals surface area contributed by atoms with Crippen LogP contribution in [0.4, 0.5) is 0 Å². The molecule has 47 heavy (non-hydrogen) atoms. The van der Waals surface area contributed by atoms with Crippen LogP contribution in [0, 0.1) is 5.92 Å².